The summed E-state index contributed by atoms with van der Waals surface area (Å²) >= 11 is 0. The van der Waals surface area contributed by atoms with E-state index in [4.69, 9.17) is 0 Å². The van der Waals surface area contributed by atoms with Gasteiger partial charge in [0.15, 0.2) is 9.84 Å². The molecule has 0 N–H and O–H groups in total. The SMILES string of the molecule is O=[N+]([O-])c1ccc(S(=O)(=O)C[C@H](CN2CCCCC2)N2CCCCC2)cc1. The highest BCUT2D eigenvalue weighted by atomic mass is 32.2. The molecular weight excluding hydrogens is 366 g/mol. The predicted molar refractivity (Wildman–Crippen MR) is 105 cm³/mol. The van der Waals surface area contributed by atoms with Gasteiger partial charge >= 0.3 is 0 Å². The molecule has 8 heteroatoms. The number of sulfone groups is 1. The molecule has 27 heavy (non-hydrogen) atoms. The maximum atomic E-state index is 13.0. The van der Waals surface area contributed by atoms with Crippen LogP contribution in [0, 0.1) is 10.1 Å². The molecule has 7 nitrogen and oxygen atoms in total. The number of hydrogen-bond acceptors (Lipinski definition) is 6. The lowest BCUT2D eigenvalue weighted by molar-refractivity contribution is -0.384. The molecule has 2 heterocycles. The lowest BCUT2D eigenvalue weighted by Gasteiger charge is -2.38. The van der Waals surface area contributed by atoms with E-state index in [2.05, 4.69) is 9.80 Å². The van der Waals surface area contributed by atoms with Crippen molar-refractivity contribution in [3.8, 4) is 0 Å². The molecule has 0 aromatic heterocycles. The van der Waals surface area contributed by atoms with Crippen molar-refractivity contribution in [2.75, 3.05) is 38.5 Å². The van der Waals surface area contributed by atoms with Crippen molar-refractivity contribution < 1.29 is 13.3 Å². The van der Waals surface area contributed by atoms with E-state index in [0.29, 0.717) is 0 Å². The molecular formula is C19H29N3O4S. The van der Waals surface area contributed by atoms with Gasteiger partial charge in [-0.2, -0.15) is 0 Å². The summed E-state index contributed by atoms with van der Waals surface area (Å²) in [5.41, 5.74) is -0.0881. The highest BCUT2D eigenvalue weighted by Gasteiger charge is 2.29. The van der Waals surface area contributed by atoms with Gasteiger partial charge in [0.1, 0.15) is 0 Å². The number of rotatable bonds is 7. The molecule has 0 spiro atoms. The highest BCUT2D eigenvalue weighted by molar-refractivity contribution is 7.91. The van der Waals surface area contributed by atoms with Crippen molar-refractivity contribution in [1.29, 1.82) is 0 Å². The first-order chi connectivity index (χ1) is 13.0. The summed E-state index contributed by atoms with van der Waals surface area (Å²) in [5, 5.41) is 10.8. The van der Waals surface area contributed by atoms with Crippen LogP contribution in [0.4, 0.5) is 5.69 Å². The first-order valence-electron chi connectivity index (χ1n) is 9.89. The number of non-ortho nitro benzene ring substituents is 1. The standard InChI is InChI=1S/C19H29N3O4S/c23-22(24)17-7-9-19(10-8-17)27(25,26)16-18(21-13-5-2-6-14-21)15-20-11-3-1-4-12-20/h7-10,18H,1-6,11-16H2/t18-/m0/s1. The van der Waals surface area contributed by atoms with Crippen molar-refractivity contribution in [3.05, 3.63) is 34.4 Å². The van der Waals surface area contributed by atoms with E-state index in [1.807, 2.05) is 0 Å². The summed E-state index contributed by atoms with van der Waals surface area (Å²) in [5.74, 6) is 0.0707. The smallest absolute Gasteiger partial charge is 0.269 e. The van der Waals surface area contributed by atoms with Gasteiger partial charge in [0.25, 0.3) is 5.69 Å². The fourth-order valence-electron chi connectivity index (χ4n) is 4.12. The molecule has 0 saturated carbocycles. The van der Waals surface area contributed by atoms with E-state index < -0.39 is 14.8 Å². The first kappa shape index (κ1) is 20.2. The fourth-order valence-corrected chi connectivity index (χ4v) is 5.69. The minimum absolute atomic E-state index is 0.0245. The van der Waals surface area contributed by atoms with Crippen LogP contribution in [0.25, 0.3) is 0 Å². The third-order valence-electron chi connectivity index (χ3n) is 5.64. The zero-order valence-corrected chi connectivity index (χ0v) is 16.6. The van der Waals surface area contributed by atoms with Gasteiger partial charge in [0.05, 0.1) is 15.6 Å². The molecule has 1 aromatic rings. The summed E-state index contributed by atoms with van der Waals surface area (Å²) in [7, 11) is -3.49. The first-order valence-corrected chi connectivity index (χ1v) is 11.5. The van der Waals surface area contributed by atoms with Gasteiger partial charge in [-0.05, 0) is 64.0 Å². The fraction of sp³-hybridized carbons (Fsp3) is 0.684. The Morgan fingerprint density at radius 3 is 2.04 bits per heavy atom. The van der Waals surface area contributed by atoms with Crippen molar-refractivity contribution in [2.24, 2.45) is 0 Å². The Morgan fingerprint density at radius 1 is 0.926 bits per heavy atom. The maximum Gasteiger partial charge on any atom is 0.269 e. The minimum Gasteiger partial charge on any atom is -0.302 e. The van der Waals surface area contributed by atoms with Gasteiger partial charge in [0.2, 0.25) is 0 Å². The third-order valence-corrected chi connectivity index (χ3v) is 7.46. The van der Waals surface area contributed by atoms with Gasteiger partial charge in [0, 0.05) is 24.7 Å². The molecule has 3 rings (SSSR count). The predicted octanol–water partition coefficient (Wildman–Crippen LogP) is 2.71. The third kappa shape index (κ3) is 5.49. The molecule has 0 radical (unpaired) electrons. The number of likely N-dealkylation sites (tertiary alicyclic amines) is 2. The minimum atomic E-state index is -3.49. The summed E-state index contributed by atoms with van der Waals surface area (Å²) in [6.07, 6.45) is 7.07. The maximum absolute atomic E-state index is 13.0. The molecule has 0 amide bonds. The highest BCUT2D eigenvalue weighted by Crippen LogP contribution is 2.22. The second kappa shape index (κ2) is 9.12. The Kier molecular flexibility index (Phi) is 6.83. The Bertz CT molecular complexity index is 724. The van der Waals surface area contributed by atoms with Gasteiger partial charge in [-0.1, -0.05) is 12.8 Å². The summed E-state index contributed by atoms with van der Waals surface area (Å²) in [6.45, 7) is 4.78. The van der Waals surface area contributed by atoms with Gasteiger partial charge in [-0.25, -0.2) is 8.42 Å². The average molecular weight is 396 g/mol. The van der Waals surface area contributed by atoms with Crippen LogP contribution in [-0.2, 0) is 9.84 Å². The topological polar surface area (TPSA) is 83.8 Å². The average Bonchev–Trinajstić information content (AvgIpc) is 2.69. The number of hydrogen-bond donors (Lipinski definition) is 0. The van der Waals surface area contributed by atoms with E-state index in [0.717, 1.165) is 45.6 Å². The normalized spacial score (nSPS) is 21.0. The van der Waals surface area contributed by atoms with E-state index in [9.17, 15) is 18.5 Å². The van der Waals surface area contributed by atoms with Crippen LogP contribution in [-0.4, -0.2) is 67.7 Å². The quantitative estimate of drug-likeness (QED) is 0.521. The molecule has 1 atom stereocenters. The van der Waals surface area contributed by atoms with E-state index in [1.54, 1.807) is 0 Å². The van der Waals surface area contributed by atoms with Crippen LogP contribution in [0.1, 0.15) is 38.5 Å². The zero-order chi connectivity index (χ0) is 19.3. The summed E-state index contributed by atoms with van der Waals surface area (Å²) in [4.78, 5) is 15.2. The summed E-state index contributed by atoms with van der Waals surface area (Å²) < 4.78 is 26.0. The molecule has 150 valence electrons. The van der Waals surface area contributed by atoms with Crippen LogP contribution < -0.4 is 0 Å². The molecule has 0 unspecified atom stereocenters. The molecule has 0 aliphatic carbocycles. The van der Waals surface area contributed by atoms with Crippen LogP contribution in [0.3, 0.4) is 0 Å². The number of nitrogens with zero attached hydrogens (tertiary/aromatic N) is 3. The van der Waals surface area contributed by atoms with Crippen LogP contribution in [0.15, 0.2) is 29.2 Å². The molecule has 2 aliphatic heterocycles. The second-order valence-corrected chi connectivity index (χ2v) is 9.68. The van der Waals surface area contributed by atoms with Gasteiger partial charge in [-0.3, -0.25) is 15.0 Å². The number of nitro groups is 1. The second-order valence-electron chi connectivity index (χ2n) is 7.64. The Morgan fingerprint density at radius 2 is 1.48 bits per heavy atom. The molecule has 0 bridgehead atoms. The molecule has 1 aromatic carbocycles. The van der Waals surface area contributed by atoms with Gasteiger partial charge < -0.3 is 4.90 Å². The molecule has 2 saturated heterocycles. The molecule has 2 fully saturated rings. The lowest BCUT2D eigenvalue weighted by Crippen LogP contribution is -2.50. The Hall–Kier alpha value is -1.51. The lowest BCUT2D eigenvalue weighted by atomic mass is 10.1. The largest absolute Gasteiger partial charge is 0.302 e. The summed E-state index contributed by atoms with van der Waals surface area (Å²) in [6, 6.07) is 5.24. The Balaban J connectivity index is 1.75. The van der Waals surface area contributed by atoms with Crippen LogP contribution in [0.2, 0.25) is 0 Å². The zero-order valence-electron chi connectivity index (χ0n) is 15.8. The van der Waals surface area contributed by atoms with Crippen LogP contribution in [0.5, 0.6) is 0 Å². The van der Waals surface area contributed by atoms with E-state index in [-0.39, 0.29) is 22.4 Å². The molecule has 2 aliphatic rings. The monoisotopic (exact) mass is 395 g/mol. The van der Waals surface area contributed by atoms with E-state index >= 15 is 0 Å². The van der Waals surface area contributed by atoms with Crippen LogP contribution >= 0.6 is 0 Å². The van der Waals surface area contributed by atoms with Crippen molar-refractivity contribution >= 4 is 15.5 Å². The number of benzene rings is 1. The van der Waals surface area contributed by atoms with E-state index in [1.165, 1.54) is 49.9 Å². The Labute approximate surface area is 161 Å². The van der Waals surface area contributed by atoms with Crippen molar-refractivity contribution in [2.45, 2.75) is 49.5 Å². The van der Waals surface area contributed by atoms with Crippen molar-refractivity contribution in [1.82, 2.24) is 9.80 Å². The number of nitro benzene ring substituents is 1. The van der Waals surface area contributed by atoms with Crippen molar-refractivity contribution in [3.63, 3.8) is 0 Å². The van der Waals surface area contributed by atoms with Gasteiger partial charge in [-0.15, -0.1) is 0 Å². The number of piperidine rings is 2.